The lowest BCUT2D eigenvalue weighted by Crippen LogP contribution is -2.33. The number of carbonyl (C=O) groups is 1. The highest BCUT2D eigenvalue weighted by atomic mass is 32.2. The first-order valence-electron chi connectivity index (χ1n) is 12.1. The molecule has 9 heteroatoms. The van der Waals surface area contributed by atoms with Gasteiger partial charge in [0.05, 0.1) is 11.3 Å². The molecule has 4 N–H and O–H groups in total. The number of anilines is 1. The van der Waals surface area contributed by atoms with Gasteiger partial charge in [0, 0.05) is 35.8 Å². The molecule has 1 fully saturated rings. The lowest BCUT2D eigenvalue weighted by molar-refractivity contribution is 0.0469. The van der Waals surface area contributed by atoms with E-state index in [4.69, 9.17) is 20.2 Å². The molecule has 2 aromatic carbocycles. The number of benzene rings is 2. The highest BCUT2D eigenvalue weighted by molar-refractivity contribution is 8.00. The quantitative estimate of drug-likeness (QED) is 0.321. The van der Waals surface area contributed by atoms with Gasteiger partial charge in [-0.25, -0.2) is 9.78 Å². The normalized spacial score (nSPS) is 16.4. The minimum absolute atomic E-state index is 0.125. The summed E-state index contributed by atoms with van der Waals surface area (Å²) in [7, 11) is 0. The molecule has 0 amide bonds. The van der Waals surface area contributed by atoms with Gasteiger partial charge in [0.1, 0.15) is 6.61 Å². The van der Waals surface area contributed by atoms with Crippen molar-refractivity contribution in [1.82, 2.24) is 9.97 Å². The molecule has 0 saturated carbocycles. The molecule has 1 aliphatic heterocycles. The fourth-order valence-electron chi connectivity index (χ4n) is 4.37. The van der Waals surface area contributed by atoms with Gasteiger partial charge in [-0.1, -0.05) is 24.3 Å². The third-order valence-corrected chi connectivity index (χ3v) is 6.89. The number of aromatic nitrogens is 2. The van der Waals surface area contributed by atoms with E-state index in [0.717, 1.165) is 59.8 Å². The summed E-state index contributed by atoms with van der Waals surface area (Å²) < 4.78 is 14.8. The number of hydrogen-bond acceptors (Lipinski definition) is 8. The number of nitrogens with two attached hydrogens (primary N) is 1. The molecule has 2 unspecified atom stereocenters. The number of rotatable bonds is 10. The van der Waals surface area contributed by atoms with Crippen LogP contribution in [0.5, 0.6) is 5.88 Å². The first-order valence-corrected chi connectivity index (χ1v) is 12.9. The van der Waals surface area contributed by atoms with Crippen molar-refractivity contribution in [1.29, 1.82) is 0 Å². The van der Waals surface area contributed by atoms with E-state index in [9.17, 15) is 9.90 Å². The van der Waals surface area contributed by atoms with Crippen LogP contribution in [0.25, 0.3) is 11.3 Å². The standard InChI is InChI=1S/C27H32N4O4S/c1-17-6-3-7-18(2)25(17)23-14-24(35-16-21(28)12-19-8-5-11-34-15-19)30-27(29-23)31-36-22-10-4-9-20(13-22)26(32)33/h3-4,6-7,9-10,13-14,19,21H,5,8,11-12,15-16,28H2,1-2H3,(H,32,33)(H,29,30,31). The van der Waals surface area contributed by atoms with Crippen LogP contribution in [-0.4, -0.2) is 46.9 Å². The van der Waals surface area contributed by atoms with Crippen molar-refractivity contribution in [3.8, 4) is 17.1 Å². The number of ether oxygens (including phenoxy) is 2. The summed E-state index contributed by atoms with van der Waals surface area (Å²) in [6.45, 7) is 6.02. The average molecular weight is 509 g/mol. The van der Waals surface area contributed by atoms with E-state index in [1.807, 2.05) is 44.2 Å². The molecular weight excluding hydrogens is 476 g/mol. The second kappa shape index (κ2) is 12.2. The lowest BCUT2D eigenvalue weighted by atomic mass is 9.95. The monoisotopic (exact) mass is 508 g/mol. The predicted octanol–water partition coefficient (Wildman–Crippen LogP) is 5.10. The van der Waals surface area contributed by atoms with Gasteiger partial charge in [-0.2, -0.15) is 4.98 Å². The first kappa shape index (κ1) is 25.9. The summed E-state index contributed by atoms with van der Waals surface area (Å²) >= 11 is 1.24. The molecule has 2 heterocycles. The van der Waals surface area contributed by atoms with E-state index < -0.39 is 5.97 Å². The Morgan fingerprint density at radius 1 is 1.22 bits per heavy atom. The smallest absolute Gasteiger partial charge is 0.335 e. The topological polar surface area (TPSA) is 120 Å². The molecule has 0 aliphatic carbocycles. The maximum atomic E-state index is 11.3. The summed E-state index contributed by atoms with van der Waals surface area (Å²) in [4.78, 5) is 21.3. The molecular formula is C27H32N4O4S. The van der Waals surface area contributed by atoms with E-state index in [2.05, 4.69) is 9.71 Å². The van der Waals surface area contributed by atoms with E-state index in [0.29, 0.717) is 24.4 Å². The Morgan fingerprint density at radius 2 is 2.00 bits per heavy atom. The maximum absolute atomic E-state index is 11.3. The SMILES string of the molecule is Cc1cccc(C)c1-c1cc(OCC(N)CC2CCCOC2)nc(NSc2cccc(C(=O)O)c2)n1. The molecule has 190 valence electrons. The van der Waals surface area contributed by atoms with Gasteiger partial charge in [-0.15, -0.1) is 0 Å². The Kier molecular flexibility index (Phi) is 8.79. The number of aryl methyl sites for hydroxylation is 2. The Bertz CT molecular complexity index is 1180. The van der Waals surface area contributed by atoms with Crippen molar-refractivity contribution < 1.29 is 19.4 Å². The number of nitrogens with one attached hydrogen (secondary N) is 1. The Labute approximate surface area is 215 Å². The van der Waals surface area contributed by atoms with Crippen LogP contribution in [-0.2, 0) is 4.74 Å². The highest BCUT2D eigenvalue weighted by Gasteiger charge is 2.19. The van der Waals surface area contributed by atoms with Crippen molar-refractivity contribution in [2.45, 2.75) is 44.0 Å². The van der Waals surface area contributed by atoms with E-state index >= 15 is 0 Å². The van der Waals surface area contributed by atoms with Gasteiger partial charge in [0.25, 0.3) is 0 Å². The van der Waals surface area contributed by atoms with Crippen molar-refractivity contribution in [3.63, 3.8) is 0 Å². The largest absolute Gasteiger partial charge is 0.478 e. The minimum Gasteiger partial charge on any atom is -0.478 e. The Hall–Kier alpha value is -3.14. The molecule has 36 heavy (non-hydrogen) atoms. The summed E-state index contributed by atoms with van der Waals surface area (Å²) in [5, 5.41) is 9.26. The summed E-state index contributed by atoms with van der Waals surface area (Å²) in [6.07, 6.45) is 3.05. The fraction of sp³-hybridized carbons (Fsp3) is 0.370. The van der Waals surface area contributed by atoms with Crippen LogP contribution < -0.4 is 15.2 Å². The molecule has 1 aromatic heterocycles. The van der Waals surface area contributed by atoms with Gasteiger partial charge in [-0.3, -0.25) is 4.72 Å². The third kappa shape index (κ3) is 6.96. The predicted molar refractivity (Wildman–Crippen MR) is 141 cm³/mol. The molecule has 3 aromatic rings. The van der Waals surface area contributed by atoms with Crippen molar-refractivity contribution in [3.05, 3.63) is 65.2 Å². The van der Waals surface area contributed by atoms with Gasteiger partial charge in [-0.05, 0) is 80.3 Å². The zero-order valence-corrected chi connectivity index (χ0v) is 21.4. The van der Waals surface area contributed by atoms with Crippen molar-refractivity contribution >= 4 is 23.9 Å². The van der Waals surface area contributed by atoms with Crippen LogP contribution in [0.1, 0.15) is 40.7 Å². The molecule has 0 bridgehead atoms. The van der Waals surface area contributed by atoms with Crippen LogP contribution in [0, 0.1) is 19.8 Å². The van der Waals surface area contributed by atoms with Crippen molar-refractivity contribution in [2.24, 2.45) is 11.7 Å². The number of hydrogen-bond donors (Lipinski definition) is 3. The molecule has 4 rings (SSSR count). The highest BCUT2D eigenvalue weighted by Crippen LogP contribution is 2.30. The molecule has 1 aliphatic rings. The Balaban J connectivity index is 1.53. The maximum Gasteiger partial charge on any atom is 0.335 e. The molecule has 8 nitrogen and oxygen atoms in total. The third-order valence-electron chi connectivity index (χ3n) is 6.12. The fourth-order valence-corrected chi connectivity index (χ4v) is 5.00. The van der Waals surface area contributed by atoms with Gasteiger partial charge < -0.3 is 20.3 Å². The van der Waals surface area contributed by atoms with Crippen LogP contribution in [0.4, 0.5) is 5.95 Å². The molecule has 1 saturated heterocycles. The van der Waals surface area contributed by atoms with Gasteiger partial charge >= 0.3 is 5.97 Å². The van der Waals surface area contributed by atoms with Gasteiger partial charge in [0.2, 0.25) is 11.8 Å². The van der Waals surface area contributed by atoms with Crippen LogP contribution in [0.15, 0.2) is 53.4 Å². The summed E-state index contributed by atoms with van der Waals surface area (Å²) in [5.41, 5.74) is 10.5. The van der Waals surface area contributed by atoms with Crippen LogP contribution in [0.3, 0.4) is 0 Å². The summed E-state index contributed by atoms with van der Waals surface area (Å²) in [6, 6.07) is 14.5. The summed E-state index contributed by atoms with van der Waals surface area (Å²) in [5.74, 6) is 0.283. The molecule has 2 atom stereocenters. The van der Waals surface area contributed by atoms with Crippen LogP contribution >= 0.6 is 11.9 Å². The van der Waals surface area contributed by atoms with E-state index in [1.54, 1.807) is 18.2 Å². The zero-order chi connectivity index (χ0) is 25.5. The van der Waals surface area contributed by atoms with Crippen molar-refractivity contribution in [2.75, 3.05) is 24.5 Å². The molecule has 0 radical (unpaired) electrons. The van der Waals surface area contributed by atoms with E-state index in [1.165, 1.54) is 11.9 Å². The number of carboxylic acids is 1. The number of nitrogens with zero attached hydrogens (tertiary/aromatic N) is 2. The second-order valence-electron chi connectivity index (χ2n) is 9.11. The minimum atomic E-state index is -0.975. The number of carboxylic acid groups (broad SMARTS) is 1. The van der Waals surface area contributed by atoms with Gasteiger partial charge in [0.15, 0.2) is 0 Å². The van der Waals surface area contributed by atoms with Crippen LogP contribution in [0.2, 0.25) is 0 Å². The number of aromatic carboxylic acids is 1. The Morgan fingerprint density at radius 3 is 2.72 bits per heavy atom. The second-order valence-corrected chi connectivity index (χ2v) is 9.99. The molecule has 0 spiro atoms. The zero-order valence-electron chi connectivity index (χ0n) is 20.6. The first-order chi connectivity index (χ1) is 17.4. The average Bonchev–Trinajstić information content (AvgIpc) is 2.87. The lowest BCUT2D eigenvalue weighted by Gasteiger charge is -2.24. The van der Waals surface area contributed by atoms with E-state index in [-0.39, 0.29) is 11.6 Å².